The van der Waals surface area contributed by atoms with Crippen molar-refractivity contribution in [2.45, 2.75) is 30.9 Å². The summed E-state index contributed by atoms with van der Waals surface area (Å²) in [5, 5.41) is 1.74. The molecule has 2 aliphatic heterocycles. The number of hydrogen-bond donors (Lipinski definition) is 1. The zero-order chi connectivity index (χ0) is 13.2. The molecule has 0 saturated carbocycles. The highest BCUT2D eigenvalue weighted by molar-refractivity contribution is 7.92. The Morgan fingerprint density at radius 1 is 1.28 bits per heavy atom. The molecule has 1 unspecified atom stereocenters. The first-order valence-corrected chi connectivity index (χ1v) is 7.99. The van der Waals surface area contributed by atoms with Gasteiger partial charge in [-0.25, -0.2) is 8.42 Å². The molecule has 2 heterocycles. The standard InChI is InChI=1S/C11H18N2O4S/c14-10-8-13(6-3-5-12-10)11(15)9-4-1-2-7-18(9,16)17/h9H,1-8H2,(H,12,14). The quantitative estimate of drug-likeness (QED) is 0.685. The Morgan fingerprint density at radius 2 is 2.06 bits per heavy atom. The molecule has 2 fully saturated rings. The van der Waals surface area contributed by atoms with Crippen molar-refractivity contribution in [2.24, 2.45) is 0 Å². The molecule has 1 N–H and O–H groups in total. The van der Waals surface area contributed by atoms with E-state index in [0.29, 0.717) is 32.4 Å². The molecule has 2 aliphatic rings. The topological polar surface area (TPSA) is 83.6 Å². The van der Waals surface area contributed by atoms with Crippen LogP contribution >= 0.6 is 0 Å². The molecule has 0 spiro atoms. The van der Waals surface area contributed by atoms with E-state index >= 15 is 0 Å². The summed E-state index contributed by atoms with van der Waals surface area (Å²) in [7, 11) is -3.32. The van der Waals surface area contributed by atoms with Crippen LogP contribution in [0.2, 0.25) is 0 Å². The second kappa shape index (κ2) is 5.26. The minimum atomic E-state index is -3.32. The monoisotopic (exact) mass is 274 g/mol. The number of rotatable bonds is 1. The van der Waals surface area contributed by atoms with E-state index in [0.717, 1.165) is 6.42 Å². The summed E-state index contributed by atoms with van der Waals surface area (Å²) in [6, 6.07) is 0. The minimum Gasteiger partial charge on any atom is -0.354 e. The van der Waals surface area contributed by atoms with Crippen molar-refractivity contribution < 1.29 is 18.0 Å². The van der Waals surface area contributed by atoms with Gasteiger partial charge in [-0.1, -0.05) is 6.42 Å². The summed E-state index contributed by atoms with van der Waals surface area (Å²) in [6.07, 6.45) is 2.45. The van der Waals surface area contributed by atoms with Crippen LogP contribution in [-0.2, 0) is 19.4 Å². The van der Waals surface area contributed by atoms with Crippen molar-refractivity contribution in [3.05, 3.63) is 0 Å². The molecule has 2 saturated heterocycles. The molecule has 0 bridgehead atoms. The van der Waals surface area contributed by atoms with Crippen molar-refractivity contribution in [1.82, 2.24) is 10.2 Å². The maximum Gasteiger partial charge on any atom is 0.241 e. The Kier molecular flexibility index (Phi) is 3.89. The van der Waals surface area contributed by atoms with Gasteiger partial charge in [0.1, 0.15) is 5.25 Å². The Balaban J connectivity index is 2.12. The van der Waals surface area contributed by atoms with E-state index < -0.39 is 21.0 Å². The fourth-order valence-electron chi connectivity index (χ4n) is 2.43. The summed E-state index contributed by atoms with van der Waals surface area (Å²) in [4.78, 5) is 25.0. The fourth-order valence-corrected chi connectivity index (χ4v) is 4.30. The third-order valence-corrected chi connectivity index (χ3v) is 5.59. The first-order valence-electron chi connectivity index (χ1n) is 6.28. The predicted octanol–water partition coefficient (Wildman–Crippen LogP) is -0.698. The van der Waals surface area contributed by atoms with Crippen LogP contribution in [0.5, 0.6) is 0 Å². The number of nitrogens with zero attached hydrogens (tertiary/aromatic N) is 1. The van der Waals surface area contributed by atoms with Crippen LogP contribution in [0.4, 0.5) is 0 Å². The molecule has 7 heteroatoms. The Morgan fingerprint density at radius 3 is 2.78 bits per heavy atom. The molecule has 2 amide bonds. The van der Waals surface area contributed by atoms with Gasteiger partial charge in [-0.15, -0.1) is 0 Å². The van der Waals surface area contributed by atoms with E-state index in [-0.39, 0.29) is 18.2 Å². The van der Waals surface area contributed by atoms with E-state index in [2.05, 4.69) is 5.32 Å². The largest absolute Gasteiger partial charge is 0.354 e. The van der Waals surface area contributed by atoms with Crippen LogP contribution in [0.1, 0.15) is 25.7 Å². The van der Waals surface area contributed by atoms with Crippen LogP contribution in [0.25, 0.3) is 0 Å². The molecule has 0 radical (unpaired) electrons. The Hall–Kier alpha value is -1.11. The van der Waals surface area contributed by atoms with E-state index in [9.17, 15) is 18.0 Å². The maximum atomic E-state index is 12.2. The second-order valence-electron chi connectivity index (χ2n) is 4.81. The van der Waals surface area contributed by atoms with Gasteiger partial charge in [-0.2, -0.15) is 0 Å². The van der Waals surface area contributed by atoms with Gasteiger partial charge < -0.3 is 10.2 Å². The fraction of sp³-hybridized carbons (Fsp3) is 0.818. The normalized spacial score (nSPS) is 28.3. The minimum absolute atomic E-state index is 0.0230. The van der Waals surface area contributed by atoms with E-state index in [1.54, 1.807) is 0 Å². The van der Waals surface area contributed by atoms with Crippen LogP contribution in [-0.4, -0.2) is 55.8 Å². The highest BCUT2D eigenvalue weighted by Crippen LogP contribution is 2.21. The first-order chi connectivity index (χ1) is 8.50. The van der Waals surface area contributed by atoms with Gasteiger partial charge in [0.15, 0.2) is 9.84 Å². The van der Waals surface area contributed by atoms with E-state index in [4.69, 9.17) is 0 Å². The van der Waals surface area contributed by atoms with Crippen molar-refractivity contribution in [2.75, 3.05) is 25.4 Å². The lowest BCUT2D eigenvalue weighted by Gasteiger charge is -2.27. The number of nitrogens with one attached hydrogen (secondary N) is 1. The number of carbonyl (C=O) groups is 2. The first kappa shape index (κ1) is 13.3. The lowest BCUT2D eigenvalue weighted by atomic mass is 10.1. The molecule has 0 aromatic rings. The predicted molar refractivity (Wildman–Crippen MR) is 65.6 cm³/mol. The molecule has 0 aromatic carbocycles. The van der Waals surface area contributed by atoms with Crippen LogP contribution in [0, 0.1) is 0 Å². The van der Waals surface area contributed by atoms with Gasteiger partial charge in [0.25, 0.3) is 0 Å². The molecule has 6 nitrogen and oxygen atoms in total. The van der Waals surface area contributed by atoms with Gasteiger partial charge >= 0.3 is 0 Å². The van der Waals surface area contributed by atoms with Crippen molar-refractivity contribution in [1.29, 1.82) is 0 Å². The average molecular weight is 274 g/mol. The summed E-state index contributed by atoms with van der Waals surface area (Å²) < 4.78 is 23.8. The van der Waals surface area contributed by atoms with Crippen LogP contribution in [0.15, 0.2) is 0 Å². The van der Waals surface area contributed by atoms with Gasteiger partial charge in [0.2, 0.25) is 11.8 Å². The van der Waals surface area contributed by atoms with Crippen molar-refractivity contribution in [3.63, 3.8) is 0 Å². The third kappa shape index (κ3) is 2.82. The van der Waals surface area contributed by atoms with Gasteiger partial charge in [0, 0.05) is 13.1 Å². The highest BCUT2D eigenvalue weighted by Gasteiger charge is 2.38. The van der Waals surface area contributed by atoms with Crippen molar-refractivity contribution in [3.8, 4) is 0 Å². The van der Waals surface area contributed by atoms with Crippen molar-refractivity contribution >= 4 is 21.7 Å². The number of hydrogen-bond acceptors (Lipinski definition) is 4. The maximum absolute atomic E-state index is 12.2. The van der Waals surface area contributed by atoms with Gasteiger partial charge in [0.05, 0.1) is 12.3 Å². The second-order valence-corrected chi connectivity index (χ2v) is 7.12. The lowest BCUT2D eigenvalue weighted by Crippen LogP contribution is -2.47. The molecule has 1 atom stereocenters. The zero-order valence-corrected chi connectivity index (χ0v) is 11.0. The third-order valence-electron chi connectivity index (χ3n) is 3.43. The Labute approximate surface area is 107 Å². The SMILES string of the molecule is O=C1CN(C(=O)C2CCCCS2(=O)=O)CCCN1. The molecule has 2 rings (SSSR count). The molecule has 0 aliphatic carbocycles. The highest BCUT2D eigenvalue weighted by atomic mass is 32.2. The van der Waals surface area contributed by atoms with E-state index in [1.165, 1.54) is 4.90 Å². The smallest absolute Gasteiger partial charge is 0.241 e. The lowest BCUT2D eigenvalue weighted by molar-refractivity contribution is -0.135. The summed E-state index contributed by atoms with van der Waals surface area (Å²) >= 11 is 0. The number of carbonyl (C=O) groups excluding carboxylic acids is 2. The molecule has 102 valence electrons. The molecule has 18 heavy (non-hydrogen) atoms. The van der Waals surface area contributed by atoms with Crippen LogP contribution in [0.3, 0.4) is 0 Å². The van der Waals surface area contributed by atoms with Gasteiger partial charge in [-0.05, 0) is 19.3 Å². The Bertz CT molecular complexity index is 446. The summed E-state index contributed by atoms with van der Waals surface area (Å²) in [5.74, 6) is -0.524. The summed E-state index contributed by atoms with van der Waals surface area (Å²) in [6.45, 7) is 0.967. The average Bonchev–Trinajstić information content (AvgIpc) is 2.52. The summed E-state index contributed by atoms with van der Waals surface area (Å²) in [5.41, 5.74) is 0. The number of amides is 2. The molecular weight excluding hydrogens is 256 g/mol. The van der Waals surface area contributed by atoms with Gasteiger partial charge in [-0.3, -0.25) is 9.59 Å². The molecule has 0 aromatic heterocycles. The van der Waals surface area contributed by atoms with Crippen LogP contribution < -0.4 is 5.32 Å². The van der Waals surface area contributed by atoms with E-state index in [1.807, 2.05) is 0 Å². The molecular formula is C11H18N2O4S. The number of sulfone groups is 1. The zero-order valence-electron chi connectivity index (χ0n) is 10.2.